The molecule has 0 radical (unpaired) electrons. The van der Waals surface area contributed by atoms with Crippen molar-refractivity contribution < 1.29 is 4.79 Å². The topological polar surface area (TPSA) is 30.0 Å². The minimum atomic E-state index is -0.0312. The van der Waals surface area contributed by atoms with E-state index < -0.39 is 0 Å². The highest BCUT2D eigenvalue weighted by atomic mass is 35.5. The lowest BCUT2D eigenvalue weighted by Gasteiger charge is -2.09. The van der Waals surface area contributed by atoms with E-state index in [-0.39, 0.29) is 12.2 Å². The summed E-state index contributed by atoms with van der Waals surface area (Å²) < 4.78 is 0. The minimum absolute atomic E-state index is 0.0312. The van der Waals surface area contributed by atoms with Gasteiger partial charge in [-0.1, -0.05) is 36.4 Å². The van der Waals surface area contributed by atoms with E-state index in [0.29, 0.717) is 5.02 Å². The van der Waals surface area contributed by atoms with E-state index in [9.17, 15) is 4.79 Å². The highest BCUT2D eigenvalue weighted by Gasteiger charge is 2.10. The van der Waals surface area contributed by atoms with Crippen LogP contribution in [0.15, 0.2) is 55.4 Å². The second-order valence-electron chi connectivity index (χ2n) is 3.86. The Hall–Kier alpha value is -1.93. The minimum Gasteiger partial charge on any atom is -0.295 e. The lowest BCUT2D eigenvalue weighted by molar-refractivity contribution is -0.114. The molecule has 0 atom stereocenters. The highest BCUT2D eigenvalue weighted by Crippen LogP contribution is 2.30. The van der Waals surface area contributed by atoms with Crippen molar-refractivity contribution >= 4 is 17.4 Å². The predicted molar refractivity (Wildman–Crippen MR) is 73.6 cm³/mol. The first-order chi connectivity index (χ1) is 8.72. The van der Waals surface area contributed by atoms with Crippen LogP contribution in [0.25, 0.3) is 11.1 Å². The summed E-state index contributed by atoms with van der Waals surface area (Å²) in [5.74, 6) is -0.0312. The van der Waals surface area contributed by atoms with Gasteiger partial charge in [-0.25, -0.2) is 0 Å². The van der Waals surface area contributed by atoms with Crippen LogP contribution in [0.4, 0.5) is 0 Å². The van der Waals surface area contributed by atoms with Gasteiger partial charge < -0.3 is 0 Å². The fraction of sp³-hybridized carbons (Fsp3) is 0.0667. The summed E-state index contributed by atoms with van der Waals surface area (Å²) in [6.07, 6.45) is 5.00. The molecular formula is C15H12ClNO. The molecule has 1 heterocycles. The average Bonchev–Trinajstić information content (AvgIpc) is 2.40. The molecule has 2 aromatic rings. The van der Waals surface area contributed by atoms with Gasteiger partial charge in [-0.05, 0) is 29.3 Å². The van der Waals surface area contributed by atoms with Crippen molar-refractivity contribution in [1.82, 2.24) is 4.98 Å². The van der Waals surface area contributed by atoms with E-state index in [0.717, 1.165) is 16.7 Å². The zero-order chi connectivity index (χ0) is 13.0. The summed E-state index contributed by atoms with van der Waals surface area (Å²) in [7, 11) is 0. The van der Waals surface area contributed by atoms with E-state index >= 15 is 0 Å². The average molecular weight is 258 g/mol. The van der Waals surface area contributed by atoms with Crippen LogP contribution < -0.4 is 0 Å². The molecule has 0 saturated carbocycles. The summed E-state index contributed by atoms with van der Waals surface area (Å²) in [6.45, 7) is 3.48. The Morgan fingerprint density at radius 2 is 2.06 bits per heavy atom. The van der Waals surface area contributed by atoms with E-state index in [4.69, 9.17) is 11.6 Å². The van der Waals surface area contributed by atoms with E-state index in [1.54, 1.807) is 12.4 Å². The normalized spacial score (nSPS) is 10.1. The number of rotatable bonds is 4. The van der Waals surface area contributed by atoms with E-state index in [1.165, 1.54) is 6.08 Å². The third kappa shape index (κ3) is 2.66. The van der Waals surface area contributed by atoms with Gasteiger partial charge in [0.2, 0.25) is 0 Å². The molecule has 3 heteroatoms. The van der Waals surface area contributed by atoms with Gasteiger partial charge in [0.05, 0.1) is 0 Å². The maximum absolute atomic E-state index is 11.5. The van der Waals surface area contributed by atoms with Gasteiger partial charge in [0.25, 0.3) is 0 Å². The van der Waals surface area contributed by atoms with Crippen LogP contribution in [0.1, 0.15) is 5.56 Å². The SMILES string of the molecule is C=CC(=O)Cc1cnccc1-c1ccccc1Cl. The molecule has 18 heavy (non-hydrogen) atoms. The van der Waals surface area contributed by atoms with Crippen LogP contribution in [0.3, 0.4) is 0 Å². The van der Waals surface area contributed by atoms with Crippen LogP contribution in [0, 0.1) is 0 Å². The van der Waals surface area contributed by atoms with Crippen LogP contribution >= 0.6 is 11.6 Å². The predicted octanol–water partition coefficient (Wildman–Crippen LogP) is 3.70. The van der Waals surface area contributed by atoms with E-state index in [2.05, 4.69) is 11.6 Å². The molecule has 0 aliphatic rings. The number of ketones is 1. The first kappa shape index (κ1) is 12.5. The number of carbonyl (C=O) groups is 1. The summed E-state index contributed by atoms with van der Waals surface area (Å²) >= 11 is 6.18. The molecule has 0 saturated heterocycles. The molecule has 0 fully saturated rings. The molecular weight excluding hydrogens is 246 g/mol. The molecule has 0 aliphatic carbocycles. The largest absolute Gasteiger partial charge is 0.295 e. The lowest BCUT2D eigenvalue weighted by Crippen LogP contribution is -2.00. The summed E-state index contributed by atoms with van der Waals surface area (Å²) in [4.78, 5) is 15.5. The summed E-state index contributed by atoms with van der Waals surface area (Å²) in [6, 6.07) is 9.42. The molecule has 0 N–H and O–H groups in total. The van der Waals surface area contributed by atoms with Crippen LogP contribution in [0.2, 0.25) is 5.02 Å². The fourth-order valence-corrected chi connectivity index (χ4v) is 2.01. The fourth-order valence-electron chi connectivity index (χ4n) is 1.77. The number of benzene rings is 1. The molecule has 0 amide bonds. The Balaban J connectivity index is 2.48. The first-order valence-corrected chi connectivity index (χ1v) is 5.93. The van der Waals surface area contributed by atoms with Crippen molar-refractivity contribution in [3.63, 3.8) is 0 Å². The van der Waals surface area contributed by atoms with Crippen molar-refractivity contribution in [2.75, 3.05) is 0 Å². The Morgan fingerprint density at radius 1 is 1.28 bits per heavy atom. The second kappa shape index (κ2) is 5.61. The number of carbonyl (C=O) groups excluding carboxylic acids is 1. The van der Waals surface area contributed by atoms with Crippen molar-refractivity contribution in [2.45, 2.75) is 6.42 Å². The quantitative estimate of drug-likeness (QED) is 0.782. The Bertz CT molecular complexity index is 593. The number of halogens is 1. The molecule has 1 aromatic carbocycles. The van der Waals surface area contributed by atoms with Gasteiger partial charge in [-0.3, -0.25) is 9.78 Å². The summed E-state index contributed by atoms with van der Waals surface area (Å²) in [5.41, 5.74) is 2.70. The molecule has 0 unspecified atom stereocenters. The molecule has 1 aromatic heterocycles. The number of hydrogen-bond donors (Lipinski definition) is 0. The molecule has 2 rings (SSSR count). The number of allylic oxidation sites excluding steroid dienone is 1. The van der Waals surface area contributed by atoms with Crippen molar-refractivity contribution in [3.05, 3.63) is 66.0 Å². The van der Waals surface area contributed by atoms with Gasteiger partial charge in [0.15, 0.2) is 5.78 Å². The maximum Gasteiger partial charge on any atom is 0.159 e. The van der Waals surface area contributed by atoms with Gasteiger partial charge in [0, 0.05) is 29.4 Å². The van der Waals surface area contributed by atoms with Gasteiger partial charge in [-0.15, -0.1) is 0 Å². The third-order valence-electron chi connectivity index (χ3n) is 2.66. The third-order valence-corrected chi connectivity index (χ3v) is 2.99. The van der Waals surface area contributed by atoms with Crippen molar-refractivity contribution in [1.29, 1.82) is 0 Å². The van der Waals surface area contributed by atoms with Crippen LogP contribution in [-0.2, 0) is 11.2 Å². The molecule has 90 valence electrons. The Morgan fingerprint density at radius 3 is 2.78 bits per heavy atom. The standard InChI is InChI=1S/C15H12ClNO/c1-2-12(18)9-11-10-17-8-7-13(11)14-5-3-4-6-15(14)16/h2-8,10H,1,9H2. The second-order valence-corrected chi connectivity index (χ2v) is 4.27. The lowest BCUT2D eigenvalue weighted by atomic mass is 9.98. The number of pyridine rings is 1. The highest BCUT2D eigenvalue weighted by molar-refractivity contribution is 6.33. The monoisotopic (exact) mass is 257 g/mol. The van der Waals surface area contributed by atoms with Crippen molar-refractivity contribution in [3.8, 4) is 11.1 Å². The number of hydrogen-bond acceptors (Lipinski definition) is 2. The smallest absolute Gasteiger partial charge is 0.159 e. The zero-order valence-corrected chi connectivity index (χ0v) is 10.5. The first-order valence-electron chi connectivity index (χ1n) is 5.55. The van der Waals surface area contributed by atoms with E-state index in [1.807, 2.05) is 30.3 Å². The summed E-state index contributed by atoms with van der Waals surface area (Å²) in [5, 5.41) is 0.663. The zero-order valence-electron chi connectivity index (χ0n) is 9.77. The molecule has 0 aliphatic heterocycles. The van der Waals surface area contributed by atoms with Gasteiger partial charge >= 0.3 is 0 Å². The molecule has 0 spiro atoms. The van der Waals surface area contributed by atoms with Crippen LogP contribution in [-0.4, -0.2) is 10.8 Å². The Labute approximate surface area is 111 Å². The molecule has 0 bridgehead atoms. The number of nitrogens with zero attached hydrogens (tertiary/aromatic N) is 1. The number of aromatic nitrogens is 1. The van der Waals surface area contributed by atoms with Crippen LogP contribution in [0.5, 0.6) is 0 Å². The van der Waals surface area contributed by atoms with Gasteiger partial charge in [0.1, 0.15) is 0 Å². The molecule has 2 nitrogen and oxygen atoms in total. The van der Waals surface area contributed by atoms with Gasteiger partial charge in [-0.2, -0.15) is 0 Å². The Kier molecular flexibility index (Phi) is 3.90. The maximum atomic E-state index is 11.5. The van der Waals surface area contributed by atoms with Crippen molar-refractivity contribution in [2.24, 2.45) is 0 Å².